The second-order valence-electron chi connectivity index (χ2n) is 4.70. The van der Waals surface area contributed by atoms with Crippen molar-refractivity contribution in [3.63, 3.8) is 0 Å². The largest absolute Gasteiger partial charge is 0.416 e. The molecule has 108 valence electrons. The fourth-order valence-corrected chi connectivity index (χ4v) is 2.15. The van der Waals surface area contributed by atoms with Crippen LogP contribution in [0.4, 0.5) is 13.2 Å². The molecular formula is C13H13F3N2O2. The molecule has 7 heteroatoms. The fourth-order valence-electron chi connectivity index (χ4n) is 2.15. The van der Waals surface area contributed by atoms with Gasteiger partial charge in [-0.15, -0.1) is 0 Å². The third kappa shape index (κ3) is 3.09. The van der Waals surface area contributed by atoms with Crippen molar-refractivity contribution >= 4 is 11.8 Å². The molecule has 0 aliphatic heterocycles. The van der Waals surface area contributed by atoms with Crippen molar-refractivity contribution in [2.75, 3.05) is 0 Å². The number of alkyl halides is 3. The van der Waals surface area contributed by atoms with Crippen molar-refractivity contribution in [1.29, 1.82) is 0 Å². The second kappa shape index (κ2) is 5.15. The van der Waals surface area contributed by atoms with Gasteiger partial charge in [-0.05, 0) is 24.0 Å². The van der Waals surface area contributed by atoms with Crippen molar-refractivity contribution in [3.05, 3.63) is 35.4 Å². The van der Waals surface area contributed by atoms with Crippen LogP contribution in [0.5, 0.6) is 0 Å². The summed E-state index contributed by atoms with van der Waals surface area (Å²) in [6.45, 7) is 1.23. The minimum atomic E-state index is -4.43. The molecule has 1 aromatic rings. The first kappa shape index (κ1) is 14.4. The molecule has 0 saturated heterocycles. The maximum atomic E-state index is 12.9. The van der Waals surface area contributed by atoms with E-state index >= 15 is 0 Å². The van der Waals surface area contributed by atoms with Crippen LogP contribution in [0.3, 0.4) is 0 Å². The Labute approximate surface area is 113 Å². The summed E-state index contributed by atoms with van der Waals surface area (Å²) < 4.78 is 38.6. The predicted molar refractivity (Wildman–Crippen MR) is 64.3 cm³/mol. The van der Waals surface area contributed by atoms with Gasteiger partial charge in [0.25, 0.3) is 0 Å². The van der Waals surface area contributed by atoms with E-state index in [1.165, 1.54) is 25.1 Å². The SMILES string of the molecule is CC(=O)NNC(=O)[C@@H]1C[C@@H]1c1ccccc1C(F)(F)F. The average molecular weight is 286 g/mol. The Bertz CT molecular complexity index is 543. The van der Waals surface area contributed by atoms with E-state index in [0.717, 1.165) is 6.07 Å². The molecule has 2 atom stereocenters. The van der Waals surface area contributed by atoms with Crippen molar-refractivity contribution in [3.8, 4) is 0 Å². The number of rotatable bonds is 2. The Kier molecular flexibility index (Phi) is 3.69. The first-order chi connectivity index (χ1) is 9.30. The molecule has 20 heavy (non-hydrogen) atoms. The van der Waals surface area contributed by atoms with Gasteiger partial charge in [-0.25, -0.2) is 0 Å². The van der Waals surface area contributed by atoms with E-state index in [1.54, 1.807) is 0 Å². The first-order valence-electron chi connectivity index (χ1n) is 6.03. The van der Waals surface area contributed by atoms with Crippen LogP contribution in [0.25, 0.3) is 0 Å². The summed E-state index contributed by atoms with van der Waals surface area (Å²) in [5.74, 6) is -1.90. The maximum Gasteiger partial charge on any atom is 0.416 e. The van der Waals surface area contributed by atoms with Gasteiger partial charge in [0, 0.05) is 12.8 Å². The highest BCUT2D eigenvalue weighted by Crippen LogP contribution is 2.50. The van der Waals surface area contributed by atoms with E-state index in [1.807, 2.05) is 0 Å². The summed E-state index contributed by atoms with van der Waals surface area (Å²) in [4.78, 5) is 22.3. The standard InChI is InChI=1S/C13H13F3N2O2/c1-7(19)17-18-12(20)10-6-9(10)8-4-2-3-5-11(8)13(14,15)16/h2-5,9-10H,6H2,1H3,(H,17,19)(H,18,20)/t9-,10-/m1/s1. The summed E-state index contributed by atoms with van der Waals surface area (Å²) in [6.07, 6.45) is -4.09. The summed E-state index contributed by atoms with van der Waals surface area (Å²) in [7, 11) is 0. The predicted octanol–water partition coefficient (Wildman–Crippen LogP) is 1.98. The van der Waals surface area contributed by atoms with E-state index in [-0.39, 0.29) is 5.56 Å². The Balaban J connectivity index is 2.09. The summed E-state index contributed by atoms with van der Waals surface area (Å²) >= 11 is 0. The number of halogens is 3. The number of hydrogen-bond acceptors (Lipinski definition) is 2. The molecule has 1 saturated carbocycles. The number of carbonyl (C=O) groups is 2. The molecule has 0 radical (unpaired) electrons. The van der Waals surface area contributed by atoms with Gasteiger partial charge in [0.1, 0.15) is 0 Å². The van der Waals surface area contributed by atoms with E-state index < -0.39 is 35.4 Å². The molecule has 2 amide bonds. The molecule has 1 fully saturated rings. The molecule has 2 rings (SSSR count). The lowest BCUT2D eigenvalue weighted by molar-refractivity contribution is -0.138. The Hall–Kier alpha value is -2.05. The van der Waals surface area contributed by atoms with E-state index in [4.69, 9.17) is 0 Å². The quantitative estimate of drug-likeness (QED) is 0.817. The lowest BCUT2D eigenvalue weighted by Crippen LogP contribution is -2.41. The number of nitrogens with one attached hydrogen (secondary N) is 2. The zero-order valence-electron chi connectivity index (χ0n) is 10.6. The molecular weight excluding hydrogens is 273 g/mol. The van der Waals surface area contributed by atoms with Crippen LogP contribution in [0.2, 0.25) is 0 Å². The van der Waals surface area contributed by atoms with Gasteiger partial charge in [-0.1, -0.05) is 18.2 Å². The summed E-state index contributed by atoms with van der Waals surface area (Å²) in [5.41, 5.74) is 3.72. The van der Waals surface area contributed by atoms with Gasteiger partial charge in [-0.3, -0.25) is 20.4 Å². The topological polar surface area (TPSA) is 58.2 Å². The number of hydrogen-bond donors (Lipinski definition) is 2. The third-order valence-electron chi connectivity index (χ3n) is 3.15. The minimum Gasteiger partial charge on any atom is -0.274 e. The first-order valence-corrected chi connectivity index (χ1v) is 6.03. The Morgan fingerprint density at radius 1 is 1.20 bits per heavy atom. The monoisotopic (exact) mass is 286 g/mol. The van der Waals surface area contributed by atoms with Gasteiger partial charge in [0.05, 0.1) is 5.56 Å². The average Bonchev–Trinajstić information content (AvgIpc) is 3.15. The molecule has 0 unspecified atom stereocenters. The molecule has 2 N–H and O–H groups in total. The van der Waals surface area contributed by atoms with Crippen LogP contribution in [-0.4, -0.2) is 11.8 Å². The van der Waals surface area contributed by atoms with Crippen molar-refractivity contribution in [2.45, 2.75) is 25.4 Å². The minimum absolute atomic E-state index is 0.128. The van der Waals surface area contributed by atoms with Crippen molar-refractivity contribution in [2.24, 2.45) is 5.92 Å². The molecule has 0 heterocycles. The zero-order chi connectivity index (χ0) is 14.9. The highest BCUT2D eigenvalue weighted by atomic mass is 19.4. The Morgan fingerprint density at radius 2 is 1.85 bits per heavy atom. The number of benzene rings is 1. The summed E-state index contributed by atoms with van der Waals surface area (Å²) in [6, 6.07) is 5.24. The van der Waals surface area contributed by atoms with Gasteiger partial charge < -0.3 is 0 Å². The zero-order valence-corrected chi connectivity index (χ0v) is 10.6. The van der Waals surface area contributed by atoms with Crippen molar-refractivity contribution in [1.82, 2.24) is 10.9 Å². The lowest BCUT2D eigenvalue weighted by Gasteiger charge is -2.12. The lowest BCUT2D eigenvalue weighted by atomic mass is 10.0. The number of hydrazine groups is 1. The van der Waals surface area contributed by atoms with Crippen molar-refractivity contribution < 1.29 is 22.8 Å². The van der Waals surface area contributed by atoms with E-state index in [2.05, 4.69) is 10.9 Å². The molecule has 0 aromatic heterocycles. The summed E-state index contributed by atoms with van der Waals surface area (Å²) in [5, 5.41) is 0. The number of amides is 2. The van der Waals surface area contributed by atoms with Gasteiger partial charge in [0.15, 0.2) is 0 Å². The smallest absolute Gasteiger partial charge is 0.274 e. The van der Waals surface area contributed by atoms with Crippen LogP contribution in [-0.2, 0) is 15.8 Å². The fraction of sp³-hybridized carbons (Fsp3) is 0.385. The molecule has 0 spiro atoms. The van der Waals surface area contributed by atoms with Crippen LogP contribution < -0.4 is 10.9 Å². The van der Waals surface area contributed by atoms with E-state index in [9.17, 15) is 22.8 Å². The molecule has 1 aromatic carbocycles. The maximum absolute atomic E-state index is 12.9. The molecule has 1 aliphatic carbocycles. The molecule has 1 aliphatic rings. The van der Waals surface area contributed by atoms with Gasteiger partial charge in [0.2, 0.25) is 11.8 Å². The normalized spacial score (nSPS) is 21.2. The van der Waals surface area contributed by atoms with Gasteiger partial charge in [-0.2, -0.15) is 13.2 Å². The van der Waals surface area contributed by atoms with Crippen LogP contribution in [0.1, 0.15) is 30.4 Å². The molecule has 4 nitrogen and oxygen atoms in total. The highest BCUT2D eigenvalue weighted by Gasteiger charge is 2.47. The molecule has 0 bridgehead atoms. The third-order valence-corrected chi connectivity index (χ3v) is 3.15. The Morgan fingerprint density at radius 3 is 2.45 bits per heavy atom. The highest BCUT2D eigenvalue weighted by molar-refractivity contribution is 5.85. The van der Waals surface area contributed by atoms with Crippen LogP contribution in [0.15, 0.2) is 24.3 Å². The van der Waals surface area contributed by atoms with E-state index in [0.29, 0.717) is 6.42 Å². The second-order valence-corrected chi connectivity index (χ2v) is 4.70. The van der Waals surface area contributed by atoms with Gasteiger partial charge >= 0.3 is 6.18 Å². The van der Waals surface area contributed by atoms with Crippen LogP contribution in [0, 0.1) is 5.92 Å². The van der Waals surface area contributed by atoms with Crippen LogP contribution >= 0.6 is 0 Å². The number of carbonyl (C=O) groups excluding carboxylic acids is 2.